The van der Waals surface area contributed by atoms with Gasteiger partial charge in [0.15, 0.2) is 0 Å². The molecule has 109 valence electrons. The van der Waals surface area contributed by atoms with Crippen LogP contribution >= 0.6 is 0 Å². The van der Waals surface area contributed by atoms with Crippen LogP contribution in [0.3, 0.4) is 0 Å². The minimum atomic E-state index is -0.417. The summed E-state index contributed by atoms with van der Waals surface area (Å²) in [6.07, 6.45) is -1.67. The normalized spacial score (nSPS) is 8.47. The Hall–Kier alpha value is 0.489. The molecule has 0 aliphatic carbocycles. The standard InChI is InChI=1S/4C3H7O.Ir/c4*1-3(2)4;/h4*3H,1-2H3;/q4*-1;+4. The summed E-state index contributed by atoms with van der Waals surface area (Å²) < 4.78 is 0. The van der Waals surface area contributed by atoms with Crippen molar-refractivity contribution >= 4 is 0 Å². The van der Waals surface area contributed by atoms with E-state index in [1.807, 2.05) is 0 Å². The van der Waals surface area contributed by atoms with Crippen LogP contribution in [0.25, 0.3) is 0 Å². The van der Waals surface area contributed by atoms with Crippen LogP contribution in [0, 0.1) is 0 Å². The second-order valence-corrected chi connectivity index (χ2v) is 4.20. The molecule has 0 atom stereocenters. The Labute approximate surface area is 120 Å². The van der Waals surface area contributed by atoms with E-state index in [0.29, 0.717) is 0 Å². The van der Waals surface area contributed by atoms with E-state index in [2.05, 4.69) is 0 Å². The van der Waals surface area contributed by atoms with E-state index >= 15 is 0 Å². The van der Waals surface area contributed by atoms with Crippen molar-refractivity contribution in [3.8, 4) is 0 Å². The van der Waals surface area contributed by atoms with Gasteiger partial charge in [-0.15, -0.1) is 24.4 Å². The molecule has 4 nitrogen and oxygen atoms in total. The van der Waals surface area contributed by atoms with Gasteiger partial charge in [-0.2, -0.15) is 0 Å². The van der Waals surface area contributed by atoms with E-state index in [9.17, 15) is 20.4 Å². The zero-order valence-corrected chi connectivity index (χ0v) is 14.7. The predicted molar refractivity (Wildman–Crippen MR) is 60.5 cm³/mol. The average molecular weight is 429 g/mol. The third-order valence-electron chi connectivity index (χ3n) is 0. The predicted octanol–water partition coefficient (Wildman–Crippen LogP) is -0.982. The second-order valence-electron chi connectivity index (χ2n) is 4.20. The van der Waals surface area contributed by atoms with Gasteiger partial charge in [-0.1, -0.05) is 55.4 Å². The molecule has 17 heavy (non-hydrogen) atoms. The van der Waals surface area contributed by atoms with Crippen molar-refractivity contribution in [3.63, 3.8) is 0 Å². The van der Waals surface area contributed by atoms with Gasteiger partial charge >= 0.3 is 20.1 Å². The van der Waals surface area contributed by atoms with Crippen LogP contribution < -0.4 is 20.4 Å². The first-order chi connectivity index (χ1) is 6.93. The molecule has 0 fully saturated rings. The van der Waals surface area contributed by atoms with Crippen molar-refractivity contribution in [1.29, 1.82) is 0 Å². The maximum atomic E-state index is 9.53. The van der Waals surface area contributed by atoms with Crippen LogP contribution in [0.2, 0.25) is 0 Å². The third kappa shape index (κ3) is 14500. The second kappa shape index (κ2) is 25.4. The molecule has 0 unspecified atom stereocenters. The van der Waals surface area contributed by atoms with Crippen LogP contribution in [0.1, 0.15) is 55.4 Å². The van der Waals surface area contributed by atoms with E-state index in [4.69, 9.17) is 0 Å². The van der Waals surface area contributed by atoms with Crippen LogP contribution in [0.15, 0.2) is 0 Å². The average Bonchev–Trinajstić information content (AvgIpc) is 1.76. The van der Waals surface area contributed by atoms with Crippen molar-refractivity contribution in [1.82, 2.24) is 0 Å². The van der Waals surface area contributed by atoms with Crippen molar-refractivity contribution in [2.24, 2.45) is 0 Å². The molecule has 0 bridgehead atoms. The molecule has 0 spiro atoms. The van der Waals surface area contributed by atoms with Gasteiger partial charge in [0.25, 0.3) is 0 Å². The van der Waals surface area contributed by atoms with Gasteiger partial charge < -0.3 is 20.4 Å². The molecule has 1 radical (unpaired) electrons. The van der Waals surface area contributed by atoms with E-state index < -0.39 is 24.4 Å². The largest absolute Gasteiger partial charge is 4.00 e. The third-order valence-corrected chi connectivity index (χ3v) is 0. The smallest absolute Gasteiger partial charge is 0.852 e. The Balaban J connectivity index is -0.0000000369. The van der Waals surface area contributed by atoms with Crippen molar-refractivity contribution < 1.29 is 40.5 Å². The van der Waals surface area contributed by atoms with Crippen LogP contribution in [-0.2, 0) is 20.1 Å². The maximum Gasteiger partial charge on any atom is 4.00 e. The first-order valence-electron chi connectivity index (χ1n) is 5.56. The Morgan fingerprint density at radius 2 is 0.412 bits per heavy atom. The first kappa shape index (κ1) is 30.5. The Morgan fingerprint density at radius 3 is 0.412 bits per heavy atom. The Kier molecular flexibility index (Phi) is 45.5. The molecule has 0 saturated heterocycles. The van der Waals surface area contributed by atoms with E-state index in [1.54, 1.807) is 55.4 Å². The van der Waals surface area contributed by atoms with Gasteiger partial charge in [-0.25, -0.2) is 0 Å². The summed E-state index contributed by atoms with van der Waals surface area (Å²) in [6, 6.07) is 0. The fourth-order valence-corrected chi connectivity index (χ4v) is 0. The fraction of sp³-hybridized carbons (Fsp3) is 1.00. The summed E-state index contributed by atoms with van der Waals surface area (Å²) in [5.74, 6) is 0. The van der Waals surface area contributed by atoms with Crippen molar-refractivity contribution in [2.75, 3.05) is 0 Å². The minimum absolute atomic E-state index is 0. The SMILES string of the molecule is CC(C)[O-].CC(C)[O-].CC(C)[O-].CC(C)[O-].[Ir+4]. The summed E-state index contributed by atoms with van der Waals surface area (Å²) in [7, 11) is 0. The molecule has 0 amide bonds. The number of hydrogen-bond donors (Lipinski definition) is 0. The monoisotopic (exact) mass is 429 g/mol. The first-order valence-corrected chi connectivity index (χ1v) is 5.56. The molecule has 0 heterocycles. The molecule has 0 saturated carbocycles. The molecule has 0 N–H and O–H groups in total. The molecule has 0 aromatic rings. The van der Waals surface area contributed by atoms with E-state index in [1.165, 1.54) is 0 Å². The molecule has 0 aromatic carbocycles. The molecule has 0 aromatic heterocycles. The molecular weight excluding hydrogens is 400 g/mol. The quantitative estimate of drug-likeness (QED) is 0.496. The minimum Gasteiger partial charge on any atom is -0.852 e. The fourth-order valence-electron chi connectivity index (χ4n) is 0. The summed E-state index contributed by atoms with van der Waals surface area (Å²) >= 11 is 0. The molecule has 0 rings (SSSR count). The molecule has 0 aliphatic heterocycles. The van der Waals surface area contributed by atoms with Crippen molar-refractivity contribution in [3.05, 3.63) is 0 Å². The van der Waals surface area contributed by atoms with Gasteiger partial charge in [0.05, 0.1) is 0 Å². The number of hydrogen-bond acceptors (Lipinski definition) is 4. The summed E-state index contributed by atoms with van der Waals surface area (Å²) in [4.78, 5) is 0. The van der Waals surface area contributed by atoms with Gasteiger partial charge in [0.1, 0.15) is 0 Å². The topological polar surface area (TPSA) is 92.2 Å². The van der Waals surface area contributed by atoms with Gasteiger partial charge in [-0.3, -0.25) is 0 Å². The molecule has 5 heteroatoms. The maximum absolute atomic E-state index is 9.53. The summed E-state index contributed by atoms with van der Waals surface area (Å²) in [5.41, 5.74) is 0. The van der Waals surface area contributed by atoms with Gasteiger partial charge in [-0.05, 0) is 0 Å². The van der Waals surface area contributed by atoms with Crippen molar-refractivity contribution in [2.45, 2.75) is 79.8 Å². The number of rotatable bonds is 0. The zero-order chi connectivity index (χ0) is 14.3. The van der Waals surface area contributed by atoms with E-state index in [0.717, 1.165) is 0 Å². The van der Waals surface area contributed by atoms with Crippen LogP contribution in [0.4, 0.5) is 0 Å². The summed E-state index contributed by atoms with van der Waals surface area (Å²) in [5, 5.41) is 38.1. The van der Waals surface area contributed by atoms with Gasteiger partial charge in [0.2, 0.25) is 0 Å². The van der Waals surface area contributed by atoms with Crippen LogP contribution in [0.5, 0.6) is 0 Å². The Morgan fingerprint density at radius 1 is 0.412 bits per heavy atom. The molecular formula is C12H28IrO4. The molecule has 0 aliphatic rings. The Bertz CT molecular complexity index is 61.5. The summed E-state index contributed by atoms with van der Waals surface area (Å²) in [6.45, 7) is 12.9. The van der Waals surface area contributed by atoms with E-state index in [-0.39, 0.29) is 20.1 Å². The zero-order valence-electron chi connectivity index (χ0n) is 12.3. The van der Waals surface area contributed by atoms with Crippen LogP contribution in [-0.4, -0.2) is 24.4 Å². The van der Waals surface area contributed by atoms with Gasteiger partial charge in [0, 0.05) is 0 Å².